The molecule has 0 unspecified atom stereocenters. The van der Waals surface area contributed by atoms with Crippen molar-refractivity contribution in [2.75, 3.05) is 6.61 Å². The van der Waals surface area contributed by atoms with E-state index in [0.717, 1.165) is 5.56 Å². The van der Waals surface area contributed by atoms with Crippen LogP contribution in [0.15, 0.2) is 60.7 Å². The van der Waals surface area contributed by atoms with E-state index in [2.05, 4.69) is 10.6 Å². The average molecular weight is 443 g/mol. The standard InChI is InChI=1S/C24H30N2O6/c1-24(2,3)32-23(30)26-19(22(29)31-16-17-10-6-4-7-11-17)14-21(28)25-20(15-27)18-12-8-5-9-13-18/h4-13,19-20,27H,14-16H2,1-3H3,(H,25,28)(H,26,30)/t19-,20+/m0/s1. The molecule has 32 heavy (non-hydrogen) atoms. The number of alkyl carbamates (subject to hydrolysis) is 1. The van der Waals surface area contributed by atoms with E-state index in [0.29, 0.717) is 5.56 Å². The molecular weight excluding hydrogens is 412 g/mol. The van der Waals surface area contributed by atoms with Gasteiger partial charge in [-0.15, -0.1) is 0 Å². The average Bonchev–Trinajstić information content (AvgIpc) is 2.75. The fourth-order valence-corrected chi connectivity index (χ4v) is 2.83. The van der Waals surface area contributed by atoms with Crippen LogP contribution in [-0.4, -0.2) is 41.3 Å². The zero-order valence-electron chi connectivity index (χ0n) is 18.5. The summed E-state index contributed by atoms with van der Waals surface area (Å²) >= 11 is 0. The summed E-state index contributed by atoms with van der Waals surface area (Å²) in [5.74, 6) is -1.30. The van der Waals surface area contributed by atoms with E-state index in [1.807, 2.05) is 24.3 Å². The first-order valence-corrected chi connectivity index (χ1v) is 10.3. The fraction of sp³-hybridized carbons (Fsp3) is 0.375. The number of ether oxygens (including phenoxy) is 2. The third kappa shape index (κ3) is 8.77. The van der Waals surface area contributed by atoms with Crippen molar-refractivity contribution >= 4 is 18.0 Å². The summed E-state index contributed by atoms with van der Waals surface area (Å²) < 4.78 is 10.5. The number of carbonyl (C=O) groups is 3. The number of carbonyl (C=O) groups excluding carboxylic acids is 3. The molecule has 0 aliphatic rings. The number of rotatable bonds is 9. The molecule has 0 radical (unpaired) electrons. The molecule has 2 aromatic rings. The Morgan fingerprint density at radius 2 is 1.53 bits per heavy atom. The number of esters is 1. The van der Waals surface area contributed by atoms with Crippen LogP contribution < -0.4 is 10.6 Å². The first kappa shape index (κ1) is 24.9. The maximum atomic E-state index is 12.7. The Hall–Kier alpha value is -3.39. The molecule has 3 N–H and O–H groups in total. The lowest BCUT2D eigenvalue weighted by atomic mass is 10.1. The summed E-state index contributed by atoms with van der Waals surface area (Å²) in [4.78, 5) is 37.5. The van der Waals surface area contributed by atoms with Crippen LogP contribution in [0.25, 0.3) is 0 Å². The van der Waals surface area contributed by atoms with E-state index in [-0.39, 0.29) is 19.6 Å². The number of hydrogen-bond acceptors (Lipinski definition) is 6. The van der Waals surface area contributed by atoms with Crippen LogP contribution in [0.4, 0.5) is 4.79 Å². The van der Waals surface area contributed by atoms with Gasteiger partial charge in [-0.05, 0) is 31.9 Å². The van der Waals surface area contributed by atoms with Crippen LogP contribution in [0.1, 0.15) is 44.4 Å². The molecule has 2 atom stereocenters. The zero-order chi connectivity index (χ0) is 23.6. The third-order valence-electron chi connectivity index (χ3n) is 4.31. The molecule has 0 aliphatic carbocycles. The van der Waals surface area contributed by atoms with Gasteiger partial charge in [0.2, 0.25) is 5.91 Å². The number of hydrogen-bond donors (Lipinski definition) is 3. The minimum absolute atomic E-state index is 0.00291. The summed E-state index contributed by atoms with van der Waals surface area (Å²) in [6.45, 7) is 4.74. The predicted molar refractivity (Wildman–Crippen MR) is 118 cm³/mol. The van der Waals surface area contributed by atoms with E-state index in [9.17, 15) is 19.5 Å². The molecule has 0 aromatic heterocycles. The molecule has 0 fully saturated rings. The molecule has 2 rings (SSSR count). The monoisotopic (exact) mass is 442 g/mol. The smallest absolute Gasteiger partial charge is 0.408 e. The van der Waals surface area contributed by atoms with Crippen molar-refractivity contribution in [3.05, 3.63) is 71.8 Å². The van der Waals surface area contributed by atoms with Crippen molar-refractivity contribution in [3.63, 3.8) is 0 Å². The Labute approximate surface area is 187 Å². The second kappa shape index (κ2) is 11.9. The van der Waals surface area contributed by atoms with Gasteiger partial charge in [-0.1, -0.05) is 60.7 Å². The second-order valence-electron chi connectivity index (χ2n) is 8.21. The second-order valence-corrected chi connectivity index (χ2v) is 8.21. The predicted octanol–water partition coefficient (Wildman–Crippen LogP) is 2.86. The highest BCUT2D eigenvalue weighted by Gasteiger charge is 2.28. The van der Waals surface area contributed by atoms with Crippen molar-refractivity contribution in [3.8, 4) is 0 Å². The van der Waals surface area contributed by atoms with Gasteiger partial charge in [0, 0.05) is 0 Å². The van der Waals surface area contributed by atoms with Crippen molar-refractivity contribution in [1.29, 1.82) is 0 Å². The fourth-order valence-electron chi connectivity index (χ4n) is 2.83. The van der Waals surface area contributed by atoms with Gasteiger partial charge in [-0.2, -0.15) is 0 Å². The molecule has 8 nitrogen and oxygen atoms in total. The maximum Gasteiger partial charge on any atom is 0.408 e. The number of benzene rings is 2. The van der Waals surface area contributed by atoms with Crippen LogP contribution in [0.5, 0.6) is 0 Å². The van der Waals surface area contributed by atoms with Crippen LogP contribution in [0.2, 0.25) is 0 Å². The van der Waals surface area contributed by atoms with E-state index < -0.39 is 35.7 Å². The largest absolute Gasteiger partial charge is 0.459 e. The Morgan fingerprint density at radius 3 is 2.09 bits per heavy atom. The van der Waals surface area contributed by atoms with Gasteiger partial charge in [0.05, 0.1) is 19.1 Å². The van der Waals surface area contributed by atoms with Gasteiger partial charge in [-0.25, -0.2) is 9.59 Å². The number of aliphatic hydroxyl groups is 1. The molecule has 0 bridgehead atoms. The highest BCUT2D eigenvalue weighted by atomic mass is 16.6. The topological polar surface area (TPSA) is 114 Å². The molecular formula is C24H30N2O6. The van der Waals surface area contributed by atoms with Gasteiger partial charge in [0.1, 0.15) is 18.2 Å². The zero-order valence-corrected chi connectivity index (χ0v) is 18.5. The minimum atomic E-state index is -1.26. The molecule has 0 saturated heterocycles. The first-order chi connectivity index (χ1) is 15.2. The van der Waals surface area contributed by atoms with Gasteiger partial charge >= 0.3 is 12.1 Å². The quantitative estimate of drug-likeness (QED) is 0.515. The molecule has 0 spiro atoms. The van der Waals surface area contributed by atoms with Crippen molar-refractivity contribution in [2.45, 2.75) is 51.5 Å². The Kier molecular flexibility index (Phi) is 9.22. The molecule has 0 saturated carbocycles. The van der Waals surface area contributed by atoms with Gasteiger partial charge in [0.15, 0.2) is 0 Å². The van der Waals surface area contributed by atoms with Crippen molar-refractivity contribution in [2.24, 2.45) is 0 Å². The molecule has 0 aliphatic heterocycles. The van der Waals surface area contributed by atoms with E-state index in [1.165, 1.54) is 0 Å². The Morgan fingerprint density at radius 1 is 0.938 bits per heavy atom. The van der Waals surface area contributed by atoms with E-state index in [4.69, 9.17) is 9.47 Å². The highest BCUT2D eigenvalue weighted by molar-refractivity contribution is 5.88. The molecule has 8 heteroatoms. The lowest BCUT2D eigenvalue weighted by Gasteiger charge is -2.23. The molecule has 172 valence electrons. The molecule has 2 aromatic carbocycles. The van der Waals surface area contributed by atoms with Crippen LogP contribution in [0.3, 0.4) is 0 Å². The summed E-state index contributed by atoms with van der Waals surface area (Å²) in [7, 11) is 0. The molecule has 2 amide bonds. The molecule has 0 heterocycles. The van der Waals surface area contributed by atoms with Crippen LogP contribution in [0, 0.1) is 0 Å². The maximum absolute atomic E-state index is 12.7. The number of aliphatic hydroxyl groups excluding tert-OH is 1. The number of nitrogens with one attached hydrogen (secondary N) is 2. The summed E-state index contributed by atoms with van der Waals surface area (Å²) in [5, 5.41) is 14.7. The lowest BCUT2D eigenvalue weighted by molar-refractivity contribution is -0.149. The summed E-state index contributed by atoms with van der Waals surface area (Å²) in [5.41, 5.74) is 0.706. The summed E-state index contributed by atoms with van der Waals surface area (Å²) in [6.07, 6.45) is -1.22. The Balaban J connectivity index is 2.05. The lowest BCUT2D eigenvalue weighted by Crippen LogP contribution is -2.47. The first-order valence-electron chi connectivity index (χ1n) is 10.3. The van der Waals surface area contributed by atoms with Gasteiger partial charge < -0.3 is 25.2 Å². The van der Waals surface area contributed by atoms with Gasteiger partial charge in [0.25, 0.3) is 0 Å². The van der Waals surface area contributed by atoms with Crippen molar-refractivity contribution in [1.82, 2.24) is 10.6 Å². The normalized spacial score (nSPS) is 12.9. The highest BCUT2D eigenvalue weighted by Crippen LogP contribution is 2.13. The van der Waals surface area contributed by atoms with E-state index in [1.54, 1.807) is 57.2 Å². The number of amides is 2. The minimum Gasteiger partial charge on any atom is -0.459 e. The van der Waals surface area contributed by atoms with Gasteiger partial charge in [-0.3, -0.25) is 4.79 Å². The van der Waals surface area contributed by atoms with Crippen LogP contribution in [-0.2, 0) is 25.7 Å². The van der Waals surface area contributed by atoms with Crippen molar-refractivity contribution < 1.29 is 29.0 Å². The van der Waals surface area contributed by atoms with Crippen LogP contribution >= 0.6 is 0 Å². The summed E-state index contributed by atoms with van der Waals surface area (Å²) in [6, 6.07) is 16.1. The van der Waals surface area contributed by atoms with E-state index >= 15 is 0 Å². The third-order valence-corrected chi connectivity index (χ3v) is 4.31. The Bertz CT molecular complexity index is 880. The SMILES string of the molecule is CC(C)(C)OC(=O)N[C@@H](CC(=O)N[C@H](CO)c1ccccc1)C(=O)OCc1ccccc1.